The molecule has 0 amide bonds. The van der Waals surface area contributed by atoms with E-state index in [-0.39, 0.29) is 32.0 Å². The molecule has 2 unspecified atom stereocenters. The third kappa shape index (κ3) is 86.0. The lowest BCUT2D eigenvalue weighted by molar-refractivity contribution is -0.870. The van der Waals surface area contributed by atoms with E-state index in [2.05, 4.69) is 196 Å². The molecule has 0 aromatic carbocycles. The van der Waals surface area contributed by atoms with E-state index in [1.165, 1.54) is 173 Å². The zero-order valence-corrected chi connectivity index (χ0v) is 68.6. The predicted molar refractivity (Wildman–Crippen MR) is 452 cm³/mol. The Hall–Kier alpha value is -4.89. The molecular weight excluding hydrogens is 1300 g/mol. The monoisotopic (exact) mass is 1460 g/mol. The Morgan fingerprint density at radius 1 is 0.298 bits per heavy atom. The Balaban J connectivity index is 3.98. The van der Waals surface area contributed by atoms with Crippen molar-refractivity contribution >= 4 is 19.8 Å². The molecule has 0 aliphatic rings. The molecule has 0 rings (SSSR count). The lowest BCUT2D eigenvalue weighted by Gasteiger charge is -2.28. The third-order valence-electron chi connectivity index (χ3n) is 17.9. The van der Waals surface area contributed by atoms with Crippen LogP contribution in [0.4, 0.5) is 0 Å². The van der Waals surface area contributed by atoms with Crippen molar-refractivity contribution < 1.29 is 42.1 Å². The third-order valence-corrected chi connectivity index (χ3v) is 18.9. The fraction of sp³-hybridized carbons (Fsp3) is 0.660. The molecular formula is C94H158NO8P. The van der Waals surface area contributed by atoms with Crippen LogP contribution in [0.2, 0.25) is 0 Å². The van der Waals surface area contributed by atoms with E-state index in [1.807, 2.05) is 21.1 Å². The van der Waals surface area contributed by atoms with Crippen LogP contribution in [0.1, 0.15) is 348 Å². The molecule has 0 heterocycles. The lowest BCUT2D eigenvalue weighted by Crippen LogP contribution is -2.37. The summed E-state index contributed by atoms with van der Waals surface area (Å²) in [4.78, 5) is 38.2. The summed E-state index contributed by atoms with van der Waals surface area (Å²) in [5.41, 5.74) is 0. The van der Waals surface area contributed by atoms with E-state index in [9.17, 15) is 19.0 Å². The van der Waals surface area contributed by atoms with Gasteiger partial charge in [-0.3, -0.25) is 14.2 Å². The summed E-state index contributed by atoms with van der Waals surface area (Å²) in [5.74, 6) is -0.832. The number of nitrogens with zero attached hydrogens (tertiary/aromatic N) is 1. The van der Waals surface area contributed by atoms with Gasteiger partial charge in [0.1, 0.15) is 19.8 Å². The summed E-state index contributed by atoms with van der Waals surface area (Å²) in [6.45, 7) is 4.03. The molecule has 104 heavy (non-hydrogen) atoms. The molecule has 10 heteroatoms. The topological polar surface area (TPSA) is 111 Å². The van der Waals surface area contributed by atoms with Gasteiger partial charge in [-0.25, -0.2) is 0 Å². The maximum absolute atomic E-state index is 12.9. The maximum Gasteiger partial charge on any atom is 0.306 e. The van der Waals surface area contributed by atoms with E-state index in [0.717, 1.165) is 141 Å². The average Bonchev–Trinajstić information content (AvgIpc) is 0.915. The Kier molecular flexibility index (Phi) is 78.3. The van der Waals surface area contributed by atoms with Gasteiger partial charge in [-0.15, -0.1) is 0 Å². The maximum atomic E-state index is 12.9. The SMILES string of the molecule is CC/C=C\C/C=C\C/C=C\C/C=C\C/C=C\C/C=C\C/C=C\C/C=C\C/C=C\CCCCCCCCCCCCCC(=O)OC(COC(=O)CCCCCCCCCCCCCCCCCCCCCCCC/C=C\C/C=C\C/C=C\C/C=C\C/C=C\C/C=C\CC)COP(=O)([O-])OCC[N+](C)(C)C. The molecule has 0 spiro atoms. The fourth-order valence-corrected chi connectivity index (χ4v) is 12.3. The van der Waals surface area contributed by atoms with Gasteiger partial charge in [0.05, 0.1) is 27.7 Å². The summed E-state index contributed by atoms with van der Waals surface area (Å²) < 4.78 is 34.4. The van der Waals surface area contributed by atoms with Crippen LogP contribution in [-0.2, 0) is 32.7 Å². The Bertz CT molecular complexity index is 2420. The summed E-state index contributed by atoms with van der Waals surface area (Å²) in [6, 6.07) is 0. The van der Waals surface area contributed by atoms with Gasteiger partial charge < -0.3 is 27.9 Å². The van der Waals surface area contributed by atoms with Gasteiger partial charge >= 0.3 is 11.9 Å². The van der Waals surface area contributed by atoms with Gasteiger partial charge in [-0.05, 0) is 135 Å². The molecule has 9 nitrogen and oxygen atoms in total. The van der Waals surface area contributed by atoms with Crippen LogP contribution in [0.3, 0.4) is 0 Å². The molecule has 0 fully saturated rings. The summed E-state index contributed by atoms with van der Waals surface area (Å²) >= 11 is 0. The first-order valence-electron chi connectivity index (χ1n) is 42.5. The second-order valence-corrected chi connectivity index (χ2v) is 30.5. The molecule has 0 saturated carbocycles. The van der Waals surface area contributed by atoms with E-state index in [1.54, 1.807) is 0 Å². The Labute approximate surface area is 641 Å². The molecule has 0 radical (unpaired) electrons. The number of quaternary nitrogens is 1. The van der Waals surface area contributed by atoms with Crippen LogP contribution in [0.5, 0.6) is 0 Å². The highest BCUT2D eigenvalue weighted by Gasteiger charge is 2.22. The molecule has 0 saturated heterocycles. The van der Waals surface area contributed by atoms with Gasteiger partial charge in [0.25, 0.3) is 7.82 Å². The lowest BCUT2D eigenvalue weighted by atomic mass is 10.0. The first kappa shape index (κ1) is 99.1. The zero-order chi connectivity index (χ0) is 75.4. The Morgan fingerprint density at radius 2 is 0.519 bits per heavy atom. The molecule has 0 aromatic rings. The second-order valence-electron chi connectivity index (χ2n) is 29.1. The van der Waals surface area contributed by atoms with Crippen molar-refractivity contribution in [2.24, 2.45) is 0 Å². The van der Waals surface area contributed by atoms with Crippen molar-refractivity contribution in [2.45, 2.75) is 354 Å². The van der Waals surface area contributed by atoms with Crippen LogP contribution in [-0.4, -0.2) is 70.0 Å². The number of rotatable bonds is 77. The summed E-state index contributed by atoms with van der Waals surface area (Å²) in [6.07, 6.45) is 126. The van der Waals surface area contributed by atoms with Crippen LogP contribution in [0, 0.1) is 0 Å². The molecule has 592 valence electrons. The summed E-state index contributed by atoms with van der Waals surface area (Å²) in [7, 11) is 1.16. The van der Waals surface area contributed by atoms with Gasteiger partial charge in [-0.2, -0.15) is 0 Å². The van der Waals surface area contributed by atoms with Crippen molar-refractivity contribution in [3.05, 3.63) is 182 Å². The number of allylic oxidation sites excluding steroid dienone is 30. The number of ether oxygens (including phenoxy) is 2. The number of esters is 2. The van der Waals surface area contributed by atoms with Crippen molar-refractivity contribution in [3.8, 4) is 0 Å². The molecule has 0 bridgehead atoms. The average molecular weight is 1460 g/mol. The minimum Gasteiger partial charge on any atom is -0.756 e. The highest BCUT2D eigenvalue weighted by molar-refractivity contribution is 7.45. The molecule has 0 aliphatic carbocycles. The van der Waals surface area contributed by atoms with Crippen molar-refractivity contribution in [1.29, 1.82) is 0 Å². The number of carbonyl (C=O) groups excluding carboxylic acids is 2. The number of carbonyl (C=O) groups is 2. The van der Waals surface area contributed by atoms with E-state index in [4.69, 9.17) is 18.5 Å². The second kappa shape index (κ2) is 82.2. The number of unbranched alkanes of at least 4 members (excludes halogenated alkanes) is 33. The zero-order valence-electron chi connectivity index (χ0n) is 67.7. The number of phosphoric acid groups is 1. The largest absolute Gasteiger partial charge is 0.756 e. The highest BCUT2D eigenvalue weighted by atomic mass is 31.2. The van der Waals surface area contributed by atoms with E-state index >= 15 is 0 Å². The summed E-state index contributed by atoms with van der Waals surface area (Å²) in [5, 5.41) is 0. The number of hydrogen-bond acceptors (Lipinski definition) is 8. The van der Waals surface area contributed by atoms with Gasteiger partial charge in [0, 0.05) is 12.8 Å². The highest BCUT2D eigenvalue weighted by Crippen LogP contribution is 2.38. The normalized spacial score (nSPS) is 13.9. The van der Waals surface area contributed by atoms with Crippen LogP contribution in [0.15, 0.2) is 182 Å². The number of phosphoric ester groups is 1. The first-order chi connectivity index (χ1) is 51.0. The van der Waals surface area contributed by atoms with E-state index < -0.39 is 26.5 Å². The van der Waals surface area contributed by atoms with Crippen molar-refractivity contribution in [3.63, 3.8) is 0 Å². The van der Waals surface area contributed by atoms with Crippen LogP contribution >= 0.6 is 7.82 Å². The van der Waals surface area contributed by atoms with Gasteiger partial charge in [0.2, 0.25) is 0 Å². The van der Waals surface area contributed by atoms with Gasteiger partial charge in [-0.1, -0.05) is 382 Å². The number of hydrogen-bond donors (Lipinski definition) is 0. The smallest absolute Gasteiger partial charge is 0.306 e. The number of likely N-dealkylation sites (N-methyl/N-ethyl adjacent to an activating group) is 1. The standard InChI is InChI=1S/C94H158NO8P/c1-6-8-10-12-14-16-18-20-22-24-26-28-30-32-34-36-38-40-42-44-46-47-49-50-52-54-56-58-60-62-64-66-68-70-72-74-76-78-80-82-84-86-93(96)100-90-92(91-102-104(98,99)101-89-88-95(3,4)5)103-94(97)87-85-83-81-79-77-75-73-71-69-67-65-63-61-59-57-55-53-51-48-45-43-41-39-37-35-33-31-29-27-25-23-21-19-17-15-13-11-9-7-2/h8-11,14-17,20-23,26-29,32-35,38-41,45,48,53,55,59,61,92H,6-7,12-13,18-19,24-25,30-31,36-37,42-44,46-47,49-52,54,56-58,60,62-91H2,1-5H3/b10-8-,11-9-,16-14-,17-15-,22-20-,23-21-,28-26-,29-27-,34-32-,35-33-,40-38-,41-39-,48-45-,55-53-,61-59-. The van der Waals surface area contributed by atoms with Crippen molar-refractivity contribution in [2.75, 3.05) is 47.5 Å². The van der Waals surface area contributed by atoms with Crippen LogP contribution in [0.25, 0.3) is 0 Å². The minimum absolute atomic E-state index is 0.0370. The first-order valence-corrected chi connectivity index (χ1v) is 44.0. The molecule has 2 atom stereocenters. The predicted octanol–water partition coefficient (Wildman–Crippen LogP) is 28.3. The Morgan fingerprint density at radius 3 is 0.769 bits per heavy atom. The quantitative estimate of drug-likeness (QED) is 0.0195. The fourth-order valence-electron chi connectivity index (χ4n) is 11.5. The molecule has 0 aromatic heterocycles. The van der Waals surface area contributed by atoms with Crippen LogP contribution < -0.4 is 4.89 Å². The van der Waals surface area contributed by atoms with Crippen molar-refractivity contribution in [1.82, 2.24) is 0 Å². The molecule has 0 aliphatic heterocycles. The van der Waals surface area contributed by atoms with E-state index in [0.29, 0.717) is 17.4 Å². The molecule has 0 N–H and O–H groups in total. The minimum atomic E-state index is -4.66. The van der Waals surface area contributed by atoms with Gasteiger partial charge in [0.15, 0.2) is 6.10 Å².